The molecule has 1 aliphatic rings. The van der Waals surface area contributed by atoms with E-state index >= 15 is 0 Å². The molecule has 1 fully saturated rings. The van der Waals surface area contributed by atoms with Gasteiger partial charge >= 0.3 is 0 Å². The smallest absolute Gasteiger partial charge is 0.223 e. The molecule has 0 saturated carbocycles. The number of carbonyl (C=O) groups is 1. The summed E-state index contributed by atoms with van der Waals surface area (Å²) in [7, 11) is 0. The average molecular weight is 274 g/mol. The van der Waals surface area contributed by atoms with Crippen LogP contribution in [0, 0.1) is 17.6 Å². The molecule has 0 radical (unpaired) electrons. The number of amides is 1. The van der Waals surface area contributed by atoms with Crippen molar-refractivity contribution >= 4 is 17.5 Å². The highest BCUT2D eigenvalue weighted by Crippen LogP contribution is 2.29. The van der Waals surface area contributed by atoms with Crippen molar-refractivity contribution < 1.29 is 13.6 Å². The Morgan fingerprint density at radius 3 is 2.72 bits per heavy atom. The molecule has 1 saturated heterocycles. The number of benzene rings is 1. The maximum Gasteiger partial charge on any atom is 0.223 e. The molecule has 1 heterocycles. The van der Waals surface area contributed by atoms with Crippen molar-refractivity contribution in [3.05, 3.63) is 35.4 Å². The van der Waals surface area contributed by atoms with Crippen molar-refractivity contribution in [2.75, 3.05) is 12.4 Å². The fourth-order valence-electron chi connectivity index (χ4n) is 2.24. The number of carbonyl (C=O) groups excluding carboxylic acids is 1. The van der Waals surface area contributed by atoms with Crippen LogP contribution >= 0.6 is 11.6 Å². The second-order valence-electron chi connectivity index (χ2n) is 4.62. The zero-order valence-electron chi connectivity index (χ0n) is 10.00. The molecule has 0 N–H and O–H groups in total. The molecule has 5 heteroatoms. The first-order chi connectivity index (χ1) is 8.52. The van der Waals surface area contributed by atoms with Crippen LogP contribution in [-0.4, -0.2) is 23.2 Å². The second-order valence-corrected chi connectivity index (χ2v) is 4.93. The number of rotatable bonds is 3. The summed E-state index contributed by atoms with van der Waals surface area (Å²) < 4.78 is 26.0. The van der Waals surface area contributed by atoms with Crippen LogP contribution in [0.2, 0.25) is 0 Å². The van der Waals surface area contributed by atoms with Crippen LogP contribution < -0.4 is 0 Å². The normalized spacial score (nSPS) is 21.4. The van der Waals surface area contributed by atoms with Crippen molar-refractivity contribution in [2.24, 2.45) is 5.92 Å². The lowest BCUT2D eigenvalue weighted by molar-refractivity contribution is -0.129. The highest BCUT2D eigenvalue weighted by molar-refractivity contribution is 6.18. The Morgan fingerprint density at radius 2 is 2.17 bits per heavy atom. The fraction of sp³-hybridized carbons (Fsp3) is 0.462. The van der Waals surface area contributed by atoms with Gasteiger partial charge in [-0.1, -0.05) is 6.07 Å². The highest BCUT2D eigenvalue weighted by Gasteiger charge is 2.32. The third-order valence-electron chi connectivity index (χ3n) is 3.35. The van der Waals surface area contributed by atoms with Crippen molar-refractivity contribution in [3.8, 4) is 0 Å². The van der Waals surface area contributed by atoms with Gasteiger partial charge < -0.3 is 4.90 Å². The molecule has 18 heavy (non-hydrogen) atoms. The lowest BCUT2D eigenvalue weighted by Crippen LogP contribution is -2.28. The molecule has 1 aromatic carbocycles. The summed E-state index contributed by atoms with van der Waals surface area (Å²) >= 11 is 5.75. The van der Waals surface area contributed by atoms with Gasteiger partial charge in [-0.05, 0) is 30.5 Å². The lowest BCUT2D eigenvalue weighted by Gasteiger charge is -2.25. The summed E-state index contributed by atoms with van der Waals surface area (Å²) in [6, 6.07) is 3.47. The van der Waals surface area contributed by atoms with E-state index in [9.17, 15) is 13.6 Å². The molecular formula is C13H14ClF2NO. The van der Waals surface area contributed by atoms with Gasteiger partial charge in [-0.3, -0.25) is 4.79 Å². The Kier molecular flexibility index (Phi) is 3.85. The maximum atomic E-state index is 13.2. The Morgan fingerprint density at radius 1 is 1.44 bits per heavy atom. The van der Waals surface area contributed by atoms with Crippen LogP contribution in [0.1, 0.15) is 24.9 Å². The number of likely N-dealkylation sites (tertiary alicyclic amines) is 1. The third kappa shape index (κ3) is 2.48. The fourth-order valence-corrected chi connectivity index (χ4v) is 2.45. The predicted octanol–water partition coefficient (Wildman–Crippen LogP) is 3.11. The topological polar surface area (TPSA) is 20.3 Å². The molecule has 98 valence electrons. The Bertz CT molecular complexity index is 466. The zero-order valence-corrected chi connectivity index (χ0v) is 10.8. The van der Waals surface area contributed by atoms with Gasteiger partial charge in [0.25, 0.3) is 0 Å². The van der Waals surface area contributed by atoms with Crippen LogP contribution in [0.25, 0.3) is 0 Å². The first kappa shape index (κ1) is 13.3. The summed E-state index contributed by atoms with van der Waals surface area (Å²) in [6.45, 7) is 2.38. The van der Waals surface area contributed by atoms with E-state index in [0.717, 1.165) is 12.1 Å². The van der Waals surface area contributed by atoms with Crippen LogP contribution in [-0.2, 0) is 4.79 Å². The van der Waals surface area contributed by atoms with Gasteiger partial charge in [0, 0.05) is 18.8 Å². The van der Waals surface area contributed by atoms with Crippen molar-refractivity contribution in [1.82, 2.24) is 4.90 Å². The van der Waals surface area contributed by atoms with Gasteiger partial charge in [-0.25, -0.2) is 8.78 Å². The van der Waals surface area contributed by atoms with Crippen molar-refractivity contribution in [2.45, 2.75) is 19.4 Å². The van der Waals surface area contributed by atoms with E-state index in [4.69, 9.17) is 11.6 Å². The minimum atomic E-state index is -0.889. The van der Waals surface area contributed by atoms with Crippen molar-refractivity contribution in [1.29, 1.82) is 0 Å². The first-order valence-electron chi connectivity index (χ1n) is 5.83. The monoisotopic (exact) mass is 273 g/mol. The Balaban J connectivity index is 2.18. The number of hydrogen-bond acceptors (Lipinski definition) is 1. The number of halogens is 3. The molecule has 2 nitrogen and oxygen atoms in total. The summed E-state index contributed by atoms with van der Waals surface area (Å²) in [4.78, 5) is 13.5. The van der Waals surface area contributed by atoms with E-state index in [1.54, 1.807) is 11.8 Å². The van der Waals surface area contributed by atoms with Crippen LogP contribution in [0.5, 0.6) is 0 Å². The van der Waals surface area contributed by atoms with Gasteiger partial charge in [-0.15, -0.1) is 11.6 Å². The van der Waals surface area contributed by atoms with Crippen LogP contribution in [0.4, 0.5) is 8.78 Å². The zero-order chi connectivity index (χ0) is 13.3. The van der Waals surface area contributed by atoms with Gasteiger partial charge in [0.15, 0.2) is 11.6 Å². The summed E-state index contributed by atoms with van der Waals surface area (Å²) in [5.74, 6) is -1.17. The third-order valence-corrected chi connectivity index (χ3v) is 3.79. The largest absolute Gasteiger partial charge is 0.336 e. The number of nitrogens with zero attached hydrogens (tertiary/aromatic N) is 1. The van der Waals surface area contributed by atoms with E-state index in [1.165, 1.54) is 6.07 Å². The number of alkyl halides is 1. The minimum absolute atomic E-state index is 0.0119. The van der Waals surface area contributed by atoms with Gasteiger partial charge in [0.2, 0.25) is 5.91 Å². The molecule has 1 aromatic rings. The van der Waals surface area contributed by atoms with E-state index in [1.807, 2.05) is 0 Å². The molecule has 2 rings (SSSR count). The van der Waals surface area contributed by atoms with E-state index < -0.39 is 11.6 Å². The van der Waals surface area contributed by atoms with Crippen LogP contribution in [0.15, 0.2) is 18.2 Å². The first-order valence-corrected chi connectivity index (χ1v) is 6.36. The molecule has 1 amide bonds. The predicted molar refractivity (Wildman–Crippen MR) is 65.3 cm³/mol. The summed E-state index contributed by atoms with van der Waals surface area (Å²) in [6.07, 6.45) is 0.428. The SMILES string of the molecule is CC(c1ccc(F)c(F)c1)N1CC(CCl)CC1=O. The van der Waals surface area contributed by atoms with Crippen LogP contribution in [0.3, 0.4) is 0 Å². The summed E-state index contributed by atoms with van der Waals surface area (Å²) in [5, 5.41) is 0. The summed E-state index contributed by atoms with van der Waals surface area (Å²) in [5.41, 5.74) is 0.595. The molecule has 0 aromatic heterocycles. The molecule has 0 spiro atoms. The lowest BCUT2D eigenvalue weighted by atomic mass is 10.1. The molecular weight excluding hydrogens is 260 g/mol. The quantitative estimate of drug-likeness (QED) is 0.775. The molecule has 1 aliphatic heterocycles. The van der Waals surface area contributed by atoms with Gasteiger partial charge in [-0.2, -0.15) is 0 Å². The molecule has 0 bridgehead atoms. The molecule has 0 aliphatic carbocycles. The highest BCUT2D eigenvalue weighted by atomic mass is 35.5. The Labute approximate surface area is 110 Å². The second kappa shape index (κ2) is 5.22. The Hall–Kier alpha value is -1.16. The van der Waals surface area contributed by atoms with E-state index in [0.29, 0.717) is 24.4 Å². The maximum absolute atomic E-state index is 13.2. The minimum Gasteiger partial charge on any atom is -0.336 e. The number of hydrogen-bond donors (Lipinski definition) is 0. The molecule has 2 unspecified atom stereocenters. The van der Waals surface area contributed by atoms with Gasteiger partial charge in [0.05, 0.1) is 6.04 Å². The average Bonchev–Trinajstić information content (AvgIpc) is 2.73. The van der Waals surface area contributed by atoms with Gasteiger partial charge in [0.1, 0.15) is 0 Å². The molecule has 2 atom stereocenters. The van der Waals surface area contributed by atoms with E-state index in [-0.39, 0.29) is 17.9 Å². The standard InChI is InChI=1S/C13H14ClF2NO/c1-8(10-2-3-11(15)12(16)5-10)17-7-9(6-14)4-13(17)18/h2-3,5,8-9H,4,6-7H2,1H3. The van der Waals surface area contributed by atoms with E-state index in [2.05, 4.69) is 0 Å². The van der Waals surface area contributed by atoms with Crippen molar-refractivity contribution in [3.63, 3.8) is 0 Å².